The number of benzene rings is 1. The SMILES string of the molecule is NC(Cc1ccoc1)c1ccc2ncccc2c1. The summed E-state index contributed by atoms with van der Waals surface area (Å²) in [5.74, 6) is 0. The summed E-state index contributed by atoms with van der Waals surface area (Å²) in [6, 6.07) is 12.1. The Morgan fingerprint density at radius 2 is 2.17 bits per heavy atom. The first kappa shape index (κ1) is 11.0. The van der Waals surface area contributed by atoms with Crippen LogP contribution in [-0.2, 0) is 6.42 Å². The number of nitrogens with zero attached hydrogens (tertiary/aromatic N) is 1. The van der Waals surface area contributed by atoms with Gasteiger partial charge in [0.25, 0.3) is 0 Å². The summed E-state index contributed by atoms with van der Waals surface area (Å²) >= 11 is 0. The molecule has 2 aromatic heterocycles. The van der Waals surface area contributed by atoms with Gasteiger partial charge in [0.05, 0.1) is 18.0 Å². The van der Waals surface area contributed by atoms with Crippen LogP contribution in [0.25, 0.3) is 10.9 Å². The van der Waals surface area contributed by atoms with Crippen molar-refractivity contribution >= 4 is 10.9 Å². The van der Waals surface area contributed by atoms with Crippen LogP contribution >= 0.6 is 0 Å². The van der Waals surface area contributed by atoms with Crippen LogP contribution in [-0.4, -0.2) is 4.98 Å². The zero-order chi connectivity index (χ0) is 12.4. The smallest absolute Gasteiger partial charge is 0.0935 e. The number of aromatic nitrogens is 1. The molecule has 1 atom stereocenters. The quantitative estimate of drug-likeness (QED) is 0.763. The highest BCUT2D eigenvalue weighted by Gasteiger charge is 2.08. The molecule has 0 fully saturated rings. The molecule has 90 valence electrons. The monoisotopic (exact) mass is 238 g/mol. The Hall–Kier alpha value is -2.13. The van der Waals surface area contributed by atoms with E-state index in [1.165, 1.54) is 0 Å². The summed E-state index contributed by atoms with van der Waals surface area (Å²) in [6.07, 6.45) is 5.99. The molecule has 0 aliphatic carbocycles. The average molecular weight is 238 g/mol. The van der Waals surface area contributed by atoms with Crippen LogP contribution in [0.4, 0.5) is 0 Å². The van der Waals surface area contributed by atoms with Gasteiger partial charge in [-0.3, -0.25) is 4.98 Å². The number of fused-ring (bicyclic) bond motifs is 1. The minimum atomic E-state index is -0.0211. The van der Waals surface area contributed by atoms with Gasteiger partial charge in [0.2, 0.25) is 0 Å². The van der Waals surface area contributed by atoms with E-state index in [1.54, 1.807) is 18.7 Å². The van der Waals surface area contributed by atoms with Crippen LogP contribution < -0.4 is 5.73 Å². The molecule has 3 rings (SSSR count). The number of pyridine rings is 1. The van der Waals surface area contributed by atoms with Gasteiger partial charge >= 0.3 is 0 Å². The zero-order valence-electron chi connectivity index (χ0n) is 9.91. The third kappa shape index (κ3) is 2.13. The molecule has 2 heterocycles. The van der Waals surface area contributed by atoms with E-state index in [0.29, 0.717) is 0 Å². The first-order valence-electron chi connectivity index (χ1n) is 5.94. The standard InChI is InChI=1S/C15H14N2O/c16-14(8-11-5-7-18-10-11)12-3-4-15-13(9-12)2-1-6-17-15/h1-7,9-10,14H,8,16H2. The summed E-state index contributed by atoms with van der Waals surface area (Å²) in [4.78, 5) is 4.30. The molecule has 1 unspecified atom stereocenters. The van der Waals surface area contributed by atoms with E-state index in [4.69, 9.17) is 10.2 Å². The lowest BCUT2D eigenvalue weighted by atomic mass is 10.00. The molecule has 0 bridgehead atoms. The van der Waals surface area contributed by atoms with Gasteiger partial charge in [-0.05, 0) is 41.8 Å². The number of hydrogen-bond donors (Lipinski definition) is 1. The van der Waals surface area contributed by atoms with Crippen molar-refractivity contribution in [3.8, 4) is 0 Å². The highest BCUT2D eigenvalue weighted by atomic mass is 16.3. The Morgan fingerprint density at radius 3 is 3.00 bits per heavy atom. The van der Waals surface area contributed by atoms with Gasteiger partial charge in [-0.25, -0.2) is 0 Å². The second-order valence-electron chi connectivity index (χ2n) is 4.40. The zero-order valence-corrected chi connectivity index (χ0v) is 9.91. The molecular weight excluding hydrogens is 224 g/mol. The predicted molar refractivity (Wildman–Crippen MR) is 71.1 cm³/mol. The molecule has 0 aliphatic rings. The Kier molecular flexibility index (Phi) is 2.82. The average Bonchev–Trinajstić information content (AvgIpc) is 2.91. The number of furan rings is 1. The molecule has 0 saturated carbocycles. The maximum atomic E-state index is 6.22. The molecule has 3 nitrogen and oxygen atoms in total. The van der Waals surface area contributed by atoms with Crippen LogP contribution in [0, 0.1) is 0 Å². The molecule has 18 heavy (non-hydrogen) atoms. The van der Waals surface area contributed by atoms with E-state index < -0.39 is 0 Å². The molecule has 3 heteroatoms. The number of nitrogens with two attached hydrogens (primary N) is 1. The summed E-state index contributed by atoms with van der Waals surface area (Å²) in [5, 5.41) is 1.12. The van der Waals surface area contributed by atoms with Gasteiger partial charge < -0.3 is 10.2 Å². The van der Waals surface area contributed by atoms with Gasteiger partial charge in [0, 0.05) is 17.6 Å². The molecule has 0 spiro atoms. The van der Waals surface area contributed by atoms with Crippen molar-refractivity contribution in [1.82, 2.24) is 4.98 Å². The maximum Gasteiger partial charge on any atom is 0.0935 e. The minimum absolute atomic E-state index is 0.0211. The molecule has 3 aromatic rings. The van der Waals surface area contributed by atoms with Gasteiger partial charge in [0.15, 0.2) is 0 Å². The third-order valence-corrected chi connectivity index (χ3v) is 3.09. The fourth-order valence-electron chi connectivity index (χ4n) is 2.11. The van der Waals surface area contributed by atoms with E-state index in [-0.39, 0.29) is 6.04 Å². The van der Waals surface area contributed by atoms with Crippen LogP contribution in [0.2, 0.25) is 0 Å². The van der Waals surface area contributed by atoms with E-state index in [2.05, 4.69) is 17.1 Å². The second kappa shape index (κ2) is 4.63. The number of hydrogen-bond acceptors (Lipinski definition) is 3. The Balaban J connectivity index is 1.89. The van der Waals surface area contributed by atoms with E-state index in [9.17, 15) is 0 Å². The maximum absolute atomic E-state index is 6.22. The summed E-state index contributed by atoms with van der Waals surface area (Å²) < 4.78 is 5.06. The summed E-state index contributed by atoms with van der Waals surface area (Å²) in [7, 11) is 0. The molecule has 0 radical (unpaired) electrons. The molecule has 2 N–H and O–H groups in total. The normalized spacial score (nSPS) is 12.7. The van der Waals surface area contributed by atoms with Gasteiger partial charge in [-0.2, -0.15) is 0 Å². The van der Waals surface area contributed by atoms with E-state index in [1.807, 2.05) is 24.3 Å². The van der Waals surface area contributed by atoms with Crippen molar-refractivity contribution in [2.75, 3.05) is 0 Å². The van der Waals surface area contributed by atoms with Crippen molar-refractivity contribution in [2.24, 2.45) is 5.73 Å². The molecule has 0 amide bonds. The fraction of sp³-hybridized carbons (Fsp3) is 0.133. The largest absolute Gasteiger partial charge is 0.472 e. The Morgan fingerprint density at radius 1 is 1.22 bits per heavy atom. The third-order valence-electron chi connectivity index (χ3n) is 3.09. The first-order chi connectivity index (χ1) is 8.83. The summed E-state index contributed by atoms with van der Waals surface area (Å²) in [5.41, 5.74) is 9.45. The Bertz CT molecular complexity index is 646. The van der Waals surface area contributed by atoms with Crippen LogP contribution in [0.1, 0.15) is 17.2 Å². The second-order valence-corrected chi connectivity index (χ2v) is 4.40. The highest BCUT2D eigenvalue weighted by Crippen LogP contribution is 2.20. The lowest BCUT2D eigenvalue weighted by Crippen LogP contribution is -2.12. The summed E-state index contributed by atoms with van der Waals surface area (Å²) in [6.45, 7) is 0. The van der Waals surface area contributed by atoms with Crippen molar-refractivity contribution in [1.29, 1.82) is 0 Å². The lowest BCUT2D eigenvalue weighted by molar-refractivity contribution is 0.561. The fourth-order valence-corrected chi connectivity index (χ4v) is 2.11. The first-order valence-corrected chi connectivity index (χ1v) is 5.94. The molecule has 1 aromatic carbocycles. The molecule has 0 aliphatic heterocycles. The van der Waals surface area contributed by atoms with Crippen LogP contribution in [0.3, 0.4) is 0 Å². The topological polar surface area (TPSA) is 52.0 Å². The number of rotatable bonds is 3. The van der Waals surface area contributed by atoms with Gasteiger partial charge in [-0.1, -0.05) is 12.1 Å². The molecular formula is C15H14N2O. The highest BCUT2D eigenvalue weighted by molar-refractivity contribution is 5.79. The van der Waals surface area contributed by atoms with Gasteiger partial charge in [-0.15, -0.1) is 0 Å². The molecule has 0 saturated heterocycles. The predicted octanol–water partition coefficient (Wildman–Crippen LogP) is 3.07. The Labute approximate surface area is 105 Å². The van der Waals surface area contributed by atoms with Crippen LogP contribution in [0.5, 0.6) is 0 Å². The van der Waals surface area contributed by atoms with Crippen molar-refractivity contribution in [3.63, 3.8) is 0 Å². The van der Waals surface area contributed by atoms with Crippen LogP contribution in [0.15, 0.2) is 59.5 Å². The van der Waals surface area contributed by atoms with Crippen molar-refractivity contribution in [3.05, 3.63) is 66.2 Å². The van der Waals surface area contributed by atoms with Gasteiger partial charge in [0.1, 0.15) is 0 Å². The van der Waals surface area contributed by atoms with Crippen molar-refractivity contribution < 1.29 is 4.42 Å². The van der Waals surface area contributed by atoms with E-state index >= 15 is 0 Å². The van der Waals surface area contributed by atoms with E-state index in [0.717, 1.165) is 28.5 Å². The van der Waals surface area contributed by atoms with Crippen molar-refractivity contribution in [2.45, 2.75) is 12.5 Å². The lowest BCUT2D eigenvalue weighted by Gasteiger charge is -2.11. The minimum Gasteiger partial charge on any atom is -0.472 e.